The summed E-state index contributed by atoms with van der Waals surface area (Å²) in [6.07, 6.45) is 0. The SMILES string of the molecule is N[C@@H]1CN(Cc2nc3ccc(F)cc3s2)C[C@H]1c1ccccc1. The third-order valence-electron chi connectivity index (χ3n) is 4.42. The molecule has 2 aromatic carbocycles. The number of likely N-dealkylation sites (tertiary alicyclic amines) is 1. The fourth-order valence-electron chi connectivity index (χ4n) is 3.30. The van der Waals surface area contributed by atoms with Gasteiger partial charge in [-0.25, -0.2) is 9.37 Å². The first-order valence-corrected chi connectivity index (χ1v) is 8.58. The van der Waals surface area contributed by atoms with E-state index in [2.05, 4.69) is 34.1 Å². The first-order valence-electron chi connectivity index (χ1n) is 7.77. The van der Waals surface area contributed by atoms with E-state index in [1.54, 1.807) is 23.5 Å². The van der Waals surface area contributed by atoms with Crippen LogP contribution in [0.3, 0.4) is 0 Å². The Labute approximate surface area is 138 Å². The largest absolute Gasteiger partial charge is 0.326 e. The third kappa shape index (κ3) is 3.00. The molecule has 3 aromatic rings. The number of hydrogen-bond donors (Lipinski definition) is 1. The van der Waals surface area contributed by atoms with Gasteiger partial charge in [0.15, 0.2) is 0 Å². The predicted octanol–water partition coefficient (Wildman–Crippen LogP) is 3.36. The number of halogens is 1. The molecule has 0 saturated carbocycles. The lowest BCUT2D eigenvalue weighted by molar-refractivity contribution is 0.323. The van der Waals surface area contributed by atoms with Crippen LogP contribution < -0.4 is 5.73 Å². The van der Waals surface area contributed by atoms with Gasteiger partial charge in [-0.1, -0.05) is 30.3 Å². The molecule has 2 N–H and O–H groups in total. The van der Waals surface area contributed by atoms with Crippen molar-refractivity contribution in [2.75, 3.05) is 13.1 Å². The zero-order valence-corrected chi connectivity index (χ0v) is 13.5. The average Bonchev–Trinajstić information content (AvgIpc) is 3.10. The maximum Gasteiger partial charge on any atom is 0.124 e. The molecule has 23 heavy (non-hydrogen) atoms. The van der Waals surface area contributed by atoms with E-state index in [-0.39, 0.29) is 11.9 Å². The van der Waals surface area contributed by atoms with Crippen LogP contribution in [-0.4, -0.2) is 29.0 Å². The number of rotatable bonds is 3. The van der Waals surface area contributed by atoms with Crippen LogP contribution in [0.2, 0.25) is 0 Å². The second-order valence-electron chi connectivity index (χ2n) is 6.09. The van der Waals surface area contributed by atoms with E-state index in [4.69, 9.17) is 5.73 Å². The fourth-order valence-corrected chi connectivity index (χ4v) is 4.34. The number of aromatic nitrogens is 1. The Kier molecular flexibility index (Phi) is 3.85. The predicted molar refractivity (Wildman–Crippen MR) is 92.0 cm³/mol. The van der Waals surface area contributed by atoms with Crippen LogP contribution in [0.5, 0.6) is 0 Å². The Hall–Kier alpha value is -1.82. The van der Waals surface area contributed by atoms with Gasteiger partial charge in [0, 0.05) is 25.0 Å². The van der Waals surface area contributed by atoms with Gasteiger partial charge in [0.05, 0.1) is 16.8 Å². The number of benzene rings is 2. The standard InChI is InChI=1S/C18H18FN3S/c19-13-6-7-16-17(8-13)23-18(21-16)11-22-9-14(15(20)10-22)12-4-2-1-3-5-12/h1-8,14-15H,9-11,20H2/t14-,15+/m0/s1. The van der Waals surface area contributed by atoms with Crippen molar-refractivity contribution in [1.29, 1.82) is 0 Å². The second-order valence-corrected chi connectivity index (χ2v) is 7.21. The summed E-state index contributed by atoms with van der Waals surface area (Å²) in [5.41, 5.74) is 8.51. The van der Waals surface area contributed by atoms with Crippen molar-refractivity contribution in [2.24, 2.45) is 5.73 Å². The van der Waals surface area contributed by atoms with Gasteiger partial charge in [0.25, 0.3) is 0 Å². The van der Waals surface area contributed by atoms with Crippen molar-refractivity contribution in [1.82, 2.24) is 9.88 Å². The van der Waals surface area contributed by atoms with Crippen LogP contribution in [0, 0.1) is 5.82 Å². The van der Waals surface area contributed by atoms with Gasteiger partial charge in [-0.3, -0.25) is 4.90 Å². The molecule has 0 bridgehead atoms. The van der Waals surface area contributed by atoms with Gasteiger partial charge < -0.3 is 5.73 Å². The summed E-state index contributed by atoms with van der Waals surface area (Å²) < 4.78 is 14.2. The van der Waals surface area contributed by atoms with E-state index in [9.17, 15) is 4.39 Å². The highest BCUT2D eigenvalue weighted by Crippen LogP contribution is 2.29. The third-order valence-corrected chi connectivity index (χ3v) is 5.43. The van der Waals surface area contributed by atoms with Gasteiger partial charge in [0.1, 0.15) is 10.8 Å². The van der Waals surface area contributed by atoms with Gasteiger partial charge in [0.2, 0.25) is 0 Å². The Balaban J connectivity index is 1.50. The lowest BCUT2D eigenvalue weighted by atomic mass is 9.95. The van der Waals surface area contributed by atoms with Crippen LogP contribution in [0.25, 0.3) is 10.2 Å². The number of nitrogens with zero attached hydrogens (tertiary/aromatic N) is 2. The summed E-state index contributed by atoms with van der Waals surface area (Å²) in [5, 5.41) is 1.02. The summed E-state index contributed by atoms with van der Waals surface area (Å²) in [4.78, 5) is 6.95. The minimum atomic E-state index is -0.208. The van der Waals surface area contributed by atoms with Crippen molar-refractivity contribution < 1.29 is 4.39 Å². The Bertz CT molecular complexity index is 818. The molecule has 3 nitrogen and oxygen atoms in total. The molecule has 5 heteroatoms. The number of fused-ring (bicyclic) bond motifs is 1. The molecule has 4 rings (SSSR count). The molecule has 0 radical (unpaired) electrons. The normalized spacial score (nSPS) is 22.0. The van der Waals surface area contributed by atoms with Crippen LogP contribution in [0.4, 0.5) is 4.39 Å². The number of thiazole rings is 1. The lowest BCUT2D eigenvalue weighted by Crippen LogP contribution is -2.28. The van der Waals surface area contributed by atoms with Crippen LogP contribution in [0.15, 0.2) is 48.5 Å². The zero-order valence-electron chi connectivity index (χ0n) is 12.7. The highest BCUT2D eigenvalue weighted by Gasteiger charge is 2.31. The molecule has 1 aliphatic heterocycles. The summed E-state index contributed by atoms with van der Waals surface area (Å²) in [6, 6.07) is 15.4. The minimum Gasteiger partial charge on any atom is -0.326 e. The molecule has 0 aliphatic carbocycles. The first kappa shape index (κ1) is 14.8. The molecule has 1 saturated heterocycles. The molecule has 1 aromatic heterocycles. The Morgan fingerprint density at radius 1 is 1.17 bits per heavy atom. The van der Waals surface area contributed by atoms with E-state index in [1.165, 1.54) is 11.6 Å². The van der Waals surface area contributed by atoms with Crippen LogP contribution in [0.1, 0.15) is 16.5 Å². The van der Waals surface area contributed by atoms with E-state index in [1.807, 2.05) is 6.07 Å². The summed E-state index contributed by atoms with van der Waals surface area (Å²) in [6.45, 7) is 2.58. The molecule has 0 spiro atoms. The van der Waals surface area contributed by atoms with Crippen molar-refractivity contribution in [3.05, 3.63) is 64.9 Å². The van der Waals surface area contributed by atoms with Gasteiger partial charge in [-0.15, -0.1) is 11.3 Å². The van der Waals surface area contributed by atoms with Crippen molar-refractivity contribution in [2.45, 2.75) is 18.5 Å². The number of hydrogen-bond acceptors (Lipinski definition) is 4. The van der Waals surface area contributed by atoms with E-state index in [0.29, 0.717) is 5.92 Å². The van der Waals surface area contributed by atoms with E-state index < -0.39 is 0 Å². The van der Waals surface area contributed by atoms with Crippen LogP contribution >= 0.6 is 11.3 Å². The fraction of sp³-hybridized carbons (Fsp3) is 0.278. The van der Waals surface area contributed by atoms with Gasteiger partial charge >= 0.3 is 0 Å². The minimum absolute atomic E-state index is 0.143. The van der Waals surface area contributed by atoms with Gasteiger partial charge in [-0.2, -0.15) is 0 Å². The molecule has 0 unspecified atom stereocenters. The molecule has 2 heterocycles. The maximum absolute atomic E-state index is 13.3. The first-order chi connectivity index (χ1) is 11.2. The quantitative estimate of drug-likeness (QED) is 0.802. The van der Waals surface area contributed by atoms with Crippen molar-refractivity contribution >= 4 is 21.6 Å². The van der Waals surface area contributed by atoms with Crippen molar-refractivity contribution in [3.63, 3.8) is 0 Å². The zero-order chi connectivity index (χ0) is 15.8. The maximum atomic E-state index is 13.3. The topological polar surface area (TPSA) is 42.1 Å². The highest BCUT2D eigenvalue weighted by molar-refractivity contribution is 7.18. The molecule has 0 amide bonds. The summed E-state index contributed by atoms with van der Waals surface area (Å²) in [5.74, 6) is 0.156. The Morgan fingerprint density at radius 2 is 2.00 bits per heavy atom. The molecular weight excluding hydrogens is 309 g/mol. The smallest absolute Gasteiger partial charge is 0.124 e. The summed E-state index contributed by atoms with van der Waals surface area (Å²) >= 11 is 1.56. The monoisotopic (exact) mass is 327 g/mol. The molecular formula is C18H18FN3S. The van der Waals surface area contributed by atoms with Gasteiger partial charge in [-0.05, 0) is 23.8 Å². The van der Waals surface area contributed by atoms with E-state index in [0.717, 1.165) is 34.9 Å². The second kappa shape index (κ2) is 6.00. The average molecular weight is 327 g/mol. The molecule has 1 fully saturated rings. The molecule has 1 aliphatic rings. The Morgan fingerprint density at radius 3 is 2.83 bits per heavy atom. The van der Waals surface area contributed by atoms with E-state index >= 15 is 0 Å². The molecule has 118 valence electrons. The summed E-state index contributed by atoms with van der Waals surface area (Å²) in [7, 11) is 0. The number of nitrogens with two attached hydrogens (primary N) is 1. The van der Waals surface area contributed by atoms with Crippen molar-refractivity contribution in [3.8, 4) is 0 Å². The van der Waals surface area contributed by atoms with Crippen LogP contribution in [-0.2, 0) is 6.54 Å². The highest BCUT2D eigenvalue weighted by atomic mass is 32.1. The lowest BCUT2D eigenvalue weighted by Gasteiger charge is -2.14. The molecule has 2 atom stereocenters.